The third-order valence-corrected chi connectivity index (χ3v) is 3.56. The number of H-pyrrole nitrogens is 1. The van der Waals surface area contributed by atoms with E-state index in [-0.39, 0.29) is 4.91 Å². The predicted octanol–water partition coefficient (Wildman–Crippen LogP) is 3.24. The van der Waals surface area contributed by atoms with Gasteiger partial charge in [-0.1, -0.05) is 30.7 Å². The smallest absolute Gasteiger partial charge is 0.342 e. The van der Waals surface area contributed by atoms with Crippen LogP contribution in [-0.2, 0) is 11.2 Å². The van der Waals surface area contributed by atoms with E-state index >= 15 is 0 Å². The molecule has 0 saturated heterocycles. The fourth-order valence-corrected chi connectivity index (χ4v) is 2.28. The summed E-state index contributed by atoms with van der Waals surface area (Å²) < 4.78 is 0. The zero-order chi connectivity index (χ0) is 14.5. The number of hydrogen-bond donors (Lipinski definition) is 2. The van der Waals surface area contributed by atoms with Crippen LogP contribution < -0.4 is 0 Å². The van der Waals surface area contributed by atoms with Crippen LogP contribution in [0.5, 0.6) is 0 Å². The second-order valence-electron chi connectivity index (χ2n) is 3.89. The fourth-order valence-electron chi connectivity index (χ4n) is 1.43. The molecule has 7 heteroatoms. The Kier molecular flexibility index (Phi) is 4.81. The van der Waals surface area contributed by atoms with Crippen molar-refractivity contribution in [1.82, 2.24) is 15.2 Å². The number of nitrogens with one attached hydrogen (secondary N) is 1. The van der Waals surface area contributed by atoms with Gasteiger partial charge in [-0.05, 0) is 35.5 Å². The molecule has 2 aromatic rings. The zero-order valence-corrected chi connectivity index (χ0v) is 12.2. The minimum absolute atomic E-state index is 0.147. The van der Waals surface area contributed by atoms with Crippen LogP contribution >= 0.6 is 23.4 Å². The Labute approximate surface area is 125 Å². The predicted molar refractivity (Wildman–Crippen MR) is 78.7 cm³/mol. The molecule has 104 valence electrons. The monoisotopic (exact) mass is 309 g/mol. The summed E-state index contributed by atoms with van der Waals surface area (Å²) in [4.78, 5) is 15.6. The Morgan fingerprint density at radius 1 is 1.45 bits per heavy atom. The Morgan fingerprint density at radius 2 is 2.15 bits per heavy atom. The average Bonchev–Trinajstić information content (AvgIpc) is 2.88. The molecule has 1 heterocycles. The number of aromatic nitrogens is 3. The second kappa shape index (κ2) is 6.58. The number of carboxylic acid groups (broad SMARTS) is 1. The molecule has 5 nitrogen and oxygen atoms in total. The van der Waals surface area contributed by atoms with Crippen LogP contribution in [0.3, 0.4) is 0 Å². The quantitative estimate of drug-likeness (QED) is 0.655. The lowest BCUT2D eigenvalue weighted by Gasteiger charge is -1.99. The molecule has 0 aliphatic rings. The van der Waals surface area contributed by atoms with Crippen LogP contribution in [0.25, 0.3) is 6.08 Å². The SMILES string of the molecule is CCc1nc(S/C(=C\c2ccc(Cl)cc2)C(=O)O)n[nH]1. The molecule has 0 bridgehead atoms. The van der Waals surface area contributed by atoms with E-state index in [0.717, 1.165) is 29.6 Å². The highest BCUT2D eigenvalue weighted by Crippen LogP contribution is 2.26. The molecule has 0 unspecified atom stereocenters. The summed E-state index contributed by atoms with van der Waals surface area (Å²) in [6.45, 7) is 1.94. The van der Waals surface area contributed by atoms with Crippen LogP contribution in [0.4, 0.5) is 0 Å². The van der Waals surface area contributed by atoms with Gasteiger partial charge in [0.05, 0.1) is 0 Å². The fraction of sp³-hybridized carbons (Fsp3) is 0.154. The van der Waals surface area contributed by atoms with E-state index in [9.17, 15) is 9.90 Å². The normalized spacial score (nSPS) is 11.6. The molecule has 0 saturated carbocycles. The first kappa shape index (κ1) is 14.6. The lowest BCUT2D eigenvalue weighted by Crippen LogP contribution is -1.97. The molecular weight excluding hydrogens is 298 g/mol. The number of benzene rings is 1. The van der Waals surface area contributed by atoms with E-state index < -0.39 is 5.97 Å². The summed E-state index contributed by atoms with van der Waals surface area (Å²) >= 11 is 6.80. The Bertz CT molecular complexity index is 637. The van der Waals surface area contributed by atoms with Gasteiger partial charge in [0.15, 0.2) is 0 Å². The van der Waals surface area contributed by atoms with E-state index in [0.29, 0.717) is 10.2 Å². The Hall–Kier alpha value is -1.79. The van der Waals surface area contributed by atoms with Gasteiger partial charge in [-0.15, -0.1) is 5.10 Å². The van der Waals surface area contributed by atoms with Crippen molar-refractivity contribution in [2.75, 3.05) is 0 Å². The topological polar surface area (TPSA) is 78.9 Å². The Morgan fingerprint density at radius 3 is 2.70 bits per heavy atom. The summed E-state index contributed by atoms with van der Waals surface area (Å²) in [7, 11) is 0. The van der Waals surface area contributed by atoms with Gasteiger partial charge in [0.1, 0.15) is 10.7 Å². The molecule has 0 fully saturated rings. The summed E-state index contributed by atoms with van der Waals surface area (Å²) in [6, 6.07) is 6.92. The maximum atomic E-state index is 11.3. The van der Waals surface area contributed by atoms with Crippen molar-refractivity contribution in [3.8, 4) is 0 Å². The van der Waals surface area contributed by atoms with Gasteiger partial charge >= 0.3 is 5.97 Å². The van der Waals surface area contributed by atoms with Crippen LogP contribution in [-0.4, -0.2) is 26.3 Å². The van der Waals surface area contributed by atoms with Crippen molar-refractivity contribution in [3.05, 3.63) is 45.6 Å². The van der Waals surface area contributed by atoms with Gasteiger partial charge in [0.2, 0.25) is 5.16 Å². The van der Waals surface area contributed by atoms with Crippen molar-refractivity contribution in [2.24, 2.45) is 0 Å². The van der Waals surface area contributed by atoms with Crippen molar-refractivity contribution in [1.29, 1.82) is 0 Å². The number of aryl methyl sites for hydroxylation is 1. The lowest BCUT2D eigenvalue weighted by atomic mass is 10.2. The Balaban J connectivity index is 2.22. The van der Waals surface area contributed by atoms with Gasteiger partial charge in [0.25, 0.3) is 0 Å². The largest absolute Gasteiger partial charge is 0.477 e. The van der Waals surface area contributed by atoms with Gasteiger partial charge in [-0.3, -0.25) is 5.10 Å². The molecule has 2 N–H and O–H groups in total. The maximum absolute atomic E-state index is 11.3. The zero-order valence-electron chi connectivity index (χ0n) is 10.6. The number of nitrogens with zero attached hydrogens (tertiary/aromatic N) is 2. The van der Waals surface area contributed by atoms with Crippen LogP contribution in [0.15, 0.2) is 34.3 Å². The highest BCUT2D eigenvalue weighted by molar-refractivity contribution is 8.04. The van der Waals surface area contributed by atoms with E-state index in [1.807, 2.05) is 6.92 Å². The van der Waals surface area contributed by atoms with Crippen LogP contribution in [0.2, 0.25) is 5.02 Å². The molecule has 0 aliphatic carbocycles. The summed E-state index contributed by atoms with van der Waals surface area (Å²) in [6.07, 6.45) is 2.28. The van der Waals surface area contributed by atoms with E-state index in [1.54, 1.807) is 30.3 Å². The molecule has 20 heavy (non-hydrogen) atoms. The van der Waals surface area contributed by atoms with Gasteiger partial charge in [-0.25, -0.2) is 9.78 Å². The third-order valence-electron chi connectivity index (χ3n) is 2.43. The molecule has 0 radical (unpaired) electrons. The number of aliphatic carboxylic acids is 1. The summed E-state index contributed by atoms with van der Waals surface area (Å²) in [5.74, 6) is -0.295. The second-order valence-corrected chi connectivity index (χ2v) is 5.33. The number of rotatable bonds is 5. The minimum Gasteiger partial charge on any atom is -0.477 e. The van der Waals surface area contributed by atoms with Gasteiger partial charge in [0, 0.05) is 11.4 Å². The molecule has 1 aromatic heterocycles. The van der Waals surface area contributed by atoms with Crippen molar-refractivity contribution < 1.29 is 9.90 Å². The molecule has 0 amide bonds. The van der Waals surface area contributed by atoms with Crippen LogP contribution in [0, 0.1) is 0 Å². The van der Waals surface area contributed by atoms with E-state index in [1.165, 1.54) is 0 Å². The van der Waals surface area contributed by atoms with Crippen LogP contribution in [0.1, 0.15) is 18.3 Å². The van der Waals surface area contributed by atoms with Gasteiger partial charge < -0.3 is 5.11 Å². The first-order valence-electron chi connectivity index (χ1n) is 5.88. The molecule has 0 aliphatic heterocycles. The number of hydrogen-bond acceptors (Lipinski definition) is 4. The number of halogens is 1. The number of carboxylic acids is 1. The highest BCUT2D eigenvalue weighted by atomic mass is 35.5. The molecule has 2 rings (SSSR count). The van der Waals surface area contributed by atoms with Gasteiger partial charge in [-0.2, -0.15) is 0 Å². The average molecular weight is 310 g/mol. The molecule has 0 atom stereocenters. The third kappa shape index (κ3) is 3.85. The number of carbonyl (C=O) groups is 1. The number of aromatic amines is 1. The van der Waals surface area contributed by atoms with E-state index in [2.05, 4.69) is 15.2 Å². The molecular formula is C13H12ClN3O2S. The molecule has 0 spiro atoms. The lowest BCUT2D eigenvalue weighted by molar-refractivity contribution is -0.131. The first-order valence-corrected chi connectivity index (χ1v) is 7.07. The number of thioether (sulfide) groups is 1. The minimum atomic E-state index is -1.02. The van der Waals surface area contributed by atoms with Crippen molar-refractivity contribution in [2.45, 2.75) is 18.5 Å². The first-order chi connectivity index (χ1) is 9.58. The summed E-state index contributed by atoms with van der Waals surface area (Å²) in [5.41, 5.74) is 0.755. The highest BCUT2D eigenvalue weighted by Gasteiger charge is 2.13. The maximum Gasteiger partial charge on any atom is 0.342 e. The molecule has 1 aromatic carbocycles. The van der Waals surface area contributed by atoms with Crippen molar-refractivity contribution >= 4 is 35.4 Å². The summed E-state index contributed by atoms with van der Waals surface area (Å²) in [5, 5.41) is 16.9. The van der Waals surface area contributed by atoms with Crippen molar-refractivity contribution in [3.63, 3.8) is 0 Å². The van der Waals surface area contributed by atoms with E-state index in [4.69, 9.17) is 11.6 Å². The standard InChI is InChI=1S/C13H12ClN3O2S/c1-2-11-15-13(17-16-11)20-10(12(18)19)7-8-3-5-9(14)6-4-8/h3-7H,2H2,1H3,(H,18,19)(H,15,16,17)/b10-7-.